The lowest BCUT2D eigenvalue weighted by molar-refractivity contribution is -0.147. The number of benzene rings is 1. The smallest absolute Gasteiger partial charge is 0.307 e. The van der Waals surface area contributed by atoms with Gasteiger partial charge >= 0.3 is 5.97 Å². The van der Waals surface area contributed by atoms with Crippen molar-refractivity contribution in [2.24, 2.45) is 23.2 Å². The molecule has 0 heterocycles. The molecule has 4 rings (SSSR count). The molecule has 2 fully saturated rings. The van der Waals surface area contributed by atoms with Gasteiger partial charge in [0, 0.05) is 12.9 Å². The van der Waals surface area contributed by atoms with Gasteiger partial charge in [-0.3, -0.25) is 4.79 Å². The van der Waals surface area contributed by atoms with Crippen LogP contribution in [0.5, 0.6) is 5.75 Å². The number of aliphatic carboxylic acids is 1. The molecule has 1 aromatic carbocycles. The lowest BCUT2D eigenvalue weighted by atomic mass is 9.54. The number of hydrogen-bond acceptors (Lipinski definition) is 3. The molecule has 3 aliphatic rings. The number of thiol groups is 1. The lowest BCUT2D eigenvalue weighted by Crippen LogP contribution is -2.44. The van der Waals surface area contributed by atoms with Gasteiger partial charge in [-0.2, -0.15) is 0 Å². The van der Waals surface area contributed by atoms with Crippen LogP contribution in [0.15, 0.2) is 18.2 Å². The highest BCUT2D eigenvalue weighted by Crippen LogP contribution is 2.63. The lowest BCUT2D eigenvalue weighted by Gasteiger charge is -2.50. The van der Waals surface area contributed by atoms with E-state index >= 15 is 0 Å². The monoisotopic (exact) mass is 332 g/mol. The zero-order valence-corrected chi connectivity index (χ0v) is 14.4. The second kappa shape index (κ2) is 5.44. The van der Waals surface area contributed by atoms with Crippen molar-refractivity contribution in [2.45, 2.75) is 51.4 Å². The maximum absolute atomic E-state index is 11.7. The van der Waals surface area contributed by atoms with Crippen LogP contribution in [0, 0.1) is 23.2 Å². The fourth-order valence-electron chi connectivity index (χ4n) is 6.02. The van der Waals surface area contributed by atoms with Gasteiger partial charge in [0.2, 0.25) is 0 Å². The van der Waals surface area contributed by atoms with Crippen molar-refractivity contribution < 1.29 is 14.1 Å². The second-order valence-electron chi connectivity index (χ2n) is 7.88. The van der Waals surface area contributed by atoms with E-state index < -0.39 is 5.97 Å². The van der Waals surface area contributed by atoms with Crippen LogP contribution in [0.25, 0.3) is 0 Å². The minimum Gasteiger partial charge on any atom is -0.481 e. The first-order valence-corrected chi connectivity index (χ1v) is 9.08. The molecule has 0 radical (unpaired) electrons. The molecule has 3 aliphatic carbocycles. The average Bonchev–Trinajstić information content (AvgIpc) is 2.91. The predicted octanol–water partition coefficient (Wildman–Crippen LogP) is 4.47. The van der Waals surface area contributed by atoms with Gasteiger partial charge in [0.25, 0.3) is 0 Å². The highest BCUT2D eigenvalue weighted by Gasteiger charge is 2.56. The summed E-state index contributed by atoms with van der Waals surface area (Å²) in [6.07, 6.45) is 6.36. The van der Waals surface area contributed by atoms with Gasteiger partial charge in [0.15, 0.2) is 0 Å². The van der Waals surface area contributed by atoms with Crippen molar-refractivity contribution in [3.05, 3.63) is 29.3 Å². The minimum atomic E-state index is -0.583. The number of hydrogen-bond donors (Lipinski definition) is 2. The molecule has 4 heteroatoms. The van der Waals surface area contributed by atoms with Crippen molar-refractivity contribution in [3.63, 3.8) is 0 Å². The summed E-state index contributed by atoms with van der Waals surface area (Å²) in [6.45, 7) is 2.24. The maximum atomic E-state index is 11.7. The van der Waals surface area contributed by atoms with Crippen molar-refractivity contribution in [2.75, 3.05) is 0 Å². The summed E-state index contributed by atoms with van der Waals surface area (Å²) in [5.41, 5.74) is 2.86. The third-order valence-corrected chi connectivity index (χ3v) is 7.31. The minimum absolute atomic E-state index is 0.00134. The Kier molecular flexibility index (Phi) is 3.63. The number of rotatable bonds is 2. The zero-order valence-electron chi connectivity index (χ0n) is 13.5. The number of aryl methyl sites for hydroxylation is 1. The second-order valence-corrected chi connectivity index (χ2v) is 8.06. The highest BCUT2D eigenvalue weighted by atomic mass is 32.1. The third-order valence-electron chi connectivity index (χ3n) is 7.10. The highest BCUT2D eigenvalue weighted by molar-refractivity contribution is 7.75. The van der Waals surface area contributed by atoms with Crippen LogP contribution in [0.3, 0.4) is 0 Å². The fraction of sp³-hybridized carbons (Fsp3) is 0.632. The van der Waals surface area contributed by atoms with Crippen molar-refractivity contribution in [1.82, 2.24) is 0 Å². The van der Waals surface area contributed by atoms with E-state index in [1.54, 1.807) is 0 Å². The first-order valence-electron chi connectivity index (χ1n) is 8.71. The third kappa shape index (κ3) is 2.21. The Balaban J connectivity index is 1.66. The normalized spacial score (nSPS) is 38.3. The molecule has 1 N–H and O–H groups in total. The Morgan fingerprint density at radius 3 is 2.87 bits per heavy atom. The topological polar surface area (TPSA) is 46.5 Å². The summed E-state index contributed by atoms with van der Waals surface area (Å²) in [5.74, 6) is 1.90. The molecule has 23 heavy (non-hydrogen) atoms. The molecule has 0 saturated heterocycles. The molecule has 1 aromatic rings. The van der Waals surface area contributed by atoms with Gasteiger partial charge in [-0.15, -0.1) is 0 Å². The van der Waals surface area contributed by atoms with E-state index in [0.29, 0.717) is 17.8 Å². The van der Waals surface area contributed by atoms with Gasteiger partial charge in [-0.25, -0.2) is 0 Å². The molecule has 2 saturated carbocycles. The Hall–Kier alpha value is -1.16. The van der Waals surface area contributed by atoms with E-state index in [4.69, 9.17) is 4.18 Å². The molecule has 0 spiro atoms. The maximum Gasteiger partial charge on any atom is 0.307 e. The summed E-state index contributed by atoms with van der Waals surface area (Å²) in [6, 6.07) is 6.35. The molecule has 3 nitrogen and oxygen atoms in total. The zero-order chi connectivity index (χ0) is 16.2. The Bertz CT molecular complexity index is 644. The van der Waals surface area contributed by atoms with Crippen LogP contribution >= 0.6 is 12.9 Å². The van der Waals surface area contributed by atoms with Crippen LogP contribution in [0.2, 0.25) is 0 Å². The number of carboxylic acids is 1. The first-order chi connectivity index (χ1) is 11.0. The van der Waals surface area contributed by atoms with E-state index in [-0.39, 0.29) is 11.3 Å². The van der Waals surface area contributed by atoms with E-state index in [2.05, 4.69) is 32.0 Å². The van der Waals surface area contributed by atoms with Crippen LogP contribution in [0.1, 0.15) is 56.1 Å². The van der Waals surface area contributed by atoms with Crippen LogP contribution in [0.4, 0.5) is 0 Å². The average molecular weight is 332 g/mol. The van der Waals surface area contributed by atoms with Gasteiger partial charge in [-0.1, -0.05) is 13.0 Å². The van der Waals surface area contributed by atoms with Crippen molar-refractivity contribution in [3.8, 4) is 5.75 Å². The molecule has 5 atom stereocenters. The molecule has 124 valence electrons. The van der Waals surface area contributed by atoms with Gasteiger partial charge < -0.3 is 9.29 Å². The van der Waals surface area contributed by atoms with Crippen LogP contribution < -0.4 is 4.18 Å². The molecule has 0 aliphatic heterocycles. The fourth-order valence-corrected chi connectivity index (χ4v) is 6.13. The quantitative estimate of drug-likeness (QED) is 0.620. The number of carbonyl (C=O) groups is 1. The molecular formula is C19H24O3S. The number of fused-ring (bicyclic) bond motifs is 5. The molecule has 0 bridgehead atoms. The van der Waals surface area contributed by atoms with Gasteiger partial charge in [0.1, 0.15) is 5.75 Å². The van der Waals surface area contributed by atoms with Crippen LogP contribution in [-0.2, 0) is 11.2 Å². The Morgan fingerprint density at radius 2 is 2.13 bits per heavy atom. The number of carboxylic acid groups (broad SMARTS) is 1. The van der Waals surface area contributed by atoms with Crippen molar-refractivity contribution in [1.29, 1.82) is 0 Å². The Labute approximate surface area is 143 Å². The molecule has 0 amide bonds. The molecule has 0 aromatic heterocycles. The van der Waals surface area contributed by atoms with E-state index in [0.717, 1.165) is 37.9 Å². The summed E-state index contributed by atoms with van der Waals surface area (Å²) in [4.78, 5) is 11.7. The first kappa shape index (κ1) is 15.4. The summed E-state index contributed by atoms with van der Waals surface area (Å²) in [5, 5.41) is 9.61. The van der Waals surface area contributed by atoms with E-state index in [9.17, 15) is 9.90 Å². The molecular weight excluding hydrogens is 308 g/mol. The summed E-state index contributed by atoms with van der Waals surface area (Å²) >= 11 is 3.90. The Morgan fingerprint density at radius 1 is 1.30 bits per heavy atom. The SMILES string of the molecule is CC12CCC3c4ccc(OS)cc4CCC3C1CCC2C(=O)O. The summed E-state index contributed by atoms with van der Waals surface area (Å²) < 4.78 is 5.07. The predicted molar refractivity (Wildman–Crippen MR) is 91.8 cm³/mol. The van der Waals surface area contributed by atoms with E-state index in [1.807, 2.05) is 6.07 Å². The van der Waals surface area contributed by atoms with Gasteiger partial charge in [0.05, 0.1) is 5.92 Å². The van der Waals surface area contributed by atoms with E-state index in [1.165, 1.54) is 17.5 Å². The van der Waals surface area contributed by atoms with Crippen molar-refractivity contribution >= 4 is 18.9 Å². The standard InChI is InChI=1S/C19H24O3S/c1-19-9-8-14-13-5-3-12(22-23)10-11(13)2-4-15(14)16(19)6-7-17(19)18(20)21/h3,5,10,14-17,23H,2,4,6-9H2,1H3,(H,20,21). The molecule has 5 unspecified atom stereocenters. The summed E-state index contributed by atoms with van der Waals surface area (Å²) in [7, 11) is 0. The van der Waals surface area contributed by atoms with Crippen LogP contribution in [-0.4, -0.2) is 11.1 Å². The largest absolute Gasteiger partial charge is 0.481 e. The van der Waals surface area contributed by atoms with Gasteiger partial charge in [-0.05, 0) is 85.0 Å².